The van der Waals surface area contributed by atoms with Crippen LogP contribution in [0.4, 0.5) is 13.2 Å². The summed E-state index contributed by atoms with van der Waals surface area (Å²) in [6.45, 7) is 0.405. The first kappa shape index (κ1) is 13.3. The molecule has 0 atom stereocenters. The molecule has 0 saturated heterocycles. The summed E-state index contributed by atoms with van der Waals surface area (Å²) >= 11 is 0. The van der Waals surface area contributed by atoms with Crippen LogP contribution in [0.3, 0.4) is 0 Å². The van der Waals surface area contributed by atoms with Crippen LogP contribution in [0, 0.1) is 0 Å². The third kappa shape index (κ3) is 3.68. The highest BCUT2D eigenvalue weighted by Gasteiger charge is 2.31. The van der Waals surface area contributed by atoms with Crippen LogP contribution in [0.5, 0.6) is 5.75 Å². The molecule has 8 heteroatoms. The molecule has 0 bridgehead atoms. The molecule has 5 nitrogen and oxygen atoms in total. The molecular weight excluding hydrogens is 263 g/mol. The van der Waals surface area contributed by atoms with Crippen molar-refractivity contribution in [1.82, 2.24) is 15.5 Å². The second-order valence-electron chi connectivity index (χ2n) is 3.62. The molecule has 0 aliphatic rings. The lowest BCUT2D eigenvalue weighted by molar-refractivity contribution is -0.274. The summed E-state index contributed by atoms with van der Waals surface area (Å²) in [7, 11) is 1.72. The fourth-order valence-corrected chi connectivity index (χ4v) is 1.43. The second kappa shape index (κ2) is 5.27. The molecule has 1 N–H and O–H groups in total. The van der Waals surface area contributed by atoms with Crippen LogP contribution in [-0.4, -0.2) is 23.6 Å². The molecule has 1 aromatic heterocycles. The SMILES string of the molecule is CNCc1noc(-c2cccc(OC(F)(F)F)c2)n1. The number of benzene rings is 1. The Kier molecular flexibility index (Phi) is 3.70. The largest absolute Gasteiger partial charge is 0.573 e. The molecule has 0 aliphatic carbocycles. The van der Waals surface area contributed by atoms with Crippen molar-refractivity contribution in [3.8, 4) is 17.2 Å². The number of alkyl halides is 3. The van der Waals surface area contributed by atoms with Gasteiger partial charge in [0, 0.05) is 5.56 Å². The van der Waals surface area contributed by atoms with Crippen molar-refractivity contribution in [2.75, 3.05) is 7.05 Å². The maximum Gasteiger partial charge on any atom is 0.573 e. The van der Waals surface area contributed by atoms with Crippen LogP contribution in [-0.2, 0) is 6.54 Å². The van der Waals surface area contributed by atoms with Crippen LogP contribution >= 0.6 is 0 Å². The topological polar surface area (TPSA) is 60.2 Å². The molecule has 0 spiro atoms. The number of hydrogen-bond acceptors (Lipinski definition) is 5. The monoisotopic (exact) mass is 273 g/mol. The number of ether oxygens (including phenoxy) is 1. The summed E-state index contributed by atoms with van der Waals surface area (Å²) in [5, 5.41) is 6.51. The van der Waals surface area contributed by atoms with Gasteiger partial charge in [0.05, 0.1) is 6.54 Å². The van der Waals surface area contributed by atoms with Gasteiger partial charge in [-0.1, -0.05) is 11.2 Å². The van der Waals surface area contributed by atoms with Gasteiger partial charge in [0.15, 0.2) is 5.82 Å². The Labute approximate surface area is 106 Å². The normalized spacial score (nSPS) is 11.6. The van der Waals surface area contributed by atoms with Gasteiger partial charge in [-0.05, 0) is 25.2 Å². The summed E-state index contributed by atoms with van der Waals surface area (Å²) in [5.74, 6) is 0.218. The molecule has 2 aromatic rings. The second-order valence-corrected chi connectivity index (χ2v) is 3.62. The van der Waals surface area contributed by atoms with Gasteiger partial charge in [-0.3, -0.25) is 0 Å². The fraction of sp³-hybridized carbons (Fsp3) is 0.273. The Morgan fingerprint density at radius 1 is 1.37 bits per heavy atom. The predicted octanol–water partition coefficient (Wildman–Crippen LogP) is 2.35. The van der Waals surface area contributed by atoms with Gasteiger partial charge < -0.3 is 14.6 Å². The highest BCUT2D eigenvalue weighted by Crippen LogP contribution is 2.27. The van der Waals surface area contributed by atoms with Gasteiger partial charge >= 0.3 is 6.36 Å². The number of halogens is 3. The van der Waals surface area contributed by atoms with Crippen LogP contribution < -0.4 is 10.1 Å². The van der Waals surface area contributed by atoms with Crippen molar-refractivity contribution in [1.29, 1.82) is 0 Å². The number of hydrogen-bond donors (Lipinski definition) is 1. The fourth-order valence-electron chi connectivity index (χ4n) is 1.43. The average molecular weight is 273 g/mol. The first-order chi connectivity index (χ1) is 8.98. The van der Waals surface area contributed by atoms with Crippen LogP contribution in [0.1, 0.15) is 5.82 Å². The smallest absolute Gasteiger partial charge is 0.406 e. The Morgan fingerprint density at radius 3 is 2.84 bits per heavy atom. The summed E-state index contributed by atoms with van der Waals surface area (Å²) in [4.78, 5) is 4.03. The van der Waals surface area contributed by atoms with Gasteiger partial charge in [-0.15, -0.1) is 13.2 Å². The number of nitrogens with zero attached hydrogens (tertiary/aromatic N) is 2. The standard InChI is InChI=1S/C11H10F3N3O2/c1-15-6-9-16-10(19-17-9)7-3-2-4-8(5-7)18-11(12,13)14/h2-5,15H,6H2,1H3. The van der Waals surface area contributed by atoms with E-state index in [1.807, 2.05) is 0 Å². The minimum atomic E-state index is -4.73. The van der Waals surface area contributed by atoms with Crippen molar-refractivity contribution in [2.45, 2.75) is 12.9 Å². The van der Waals surface area contributed by atoms with E-state index in [1.54, 1.807) is 13.1 Å². The molecule has 0 saturated carbocycles. The average Bonchev–Trinajstić information content (AvgIpc) is 2.76. The van der Waals surface area contributed by atoms with Crippen molar-refractivity contribution in [3.05, 3.63) is 30.1 Å². The lowest BCUT2D eigenvalue weighted by Crippen LogP contribution is -2.17. The molecule has 0 aliphatic heterocycles. The van der Waals surface area contributed by atoms with Crippen LogP contribution in [0.25, 0.3) is 11.5 Å². The molecule has 2 rings (SSSR count). The minimum Gasteiger partial charge on any atom is -0.406 e. The number of rotatable bonds is 4. The summed E-state index contributed by atoms with van der Waals surface area (Å²) in [6.07, 6.45) is -4.73. The third-order valence-corrected chi connectivity index (χ3v) is 2.12. The zero-order valence-electron chi connectivity index (χ0n) is 9.86. The highest BCUT2D eigenvalue weighted by atomic mass is 19.4. The van der Waals surface area contributed by atoms with Crippen molar-refractivity contribution < 1.29 is 22.4 Å². The first-order valence-electron chi connectivity index (χ1n) is 5.31. The van der Waals surface area contributed by atoms with Crippen molar-refractivity contribution in [2.24, 2.45) is 0 Å². The Bertz CT molecular complexity index is 554. The van der Waals surface area contributed by atoms with Crippen molar-refractivity contribution >= 4 is 0 Å². The lowest BCUT2D eigenvalue weighted by Gasteiger charge is -2.08. The molecule has 0 fully saturated rings. The van der Waals surface area contributed by atoms with E-state index in [2.05, 4.69) is 20.2 Å². The number of nitrogens with one attached hydrogen (secondary N) is 1. The summed E-state index contributed by atoms with van der Waals surface area (Å²) < 4.78 is 45.1. The van der Waals surface area contributed by atoms with E-state index in [4.69, 9.17) is 4.52 Å². The molecule has 0 amide bonds. The van der Waals surface area contributed by atoms with Gasteiger partial charge in [0.25, 0.3) is 5.89 Å². The highest BCUT2D eigenvalue weighted by molar-refractivity contribution is 5.55. The molecular formula is C11H10F3N3O2. The Balaban J connectivity index is 2.22. The summed E-state index contributed by atoms with van der Waals surface area (Å²) in [5.41, 5.74) is 0.358. The van der Waals surface area contributed by atoms with E-state index in [0.717, 1.165) is 0 Å². The maximum absolute atomic E-state index is 12.1. The Hall–Kier alpha value is -2.09. The van der Waals surface area contributed by atoms with E-state index < -0.39 is 6.36 Å². The van der Waals surface area contributed by atoms with Gasteiger partial charge in [-0.25, -0.2) is 0 Å². The quantitative estimate of drug-likeness (QED) is 0.926. The molecule has 1 heterocycles. The van der Waals surface area contributed by atoms with E-state index in [9.17, 15) is 13.2 Å². The molecule has 1 aromatic carbocycles. The maximum atomic E-state index is 12.1. The zero-order chi connectivity index (χ0) is 13.9. The van der Waals surface area contributed by atoms with E-state index in [-0.39, 0.29) is 11.6 Å². The van der Waals surface area contributed by atoms with Gasteiger partial charge in [0.1, 0.15) is 5.75 Å². The molecule has 0 unspecified atom stereocenters. The van der Waals surface area contributed by atoms with Gasteiger partial charge in [0.2, 0.25) is 0 Å². The van der Waals surface area contributed by atoms with Crippen molar-refractivity contribution in [3.63, 3.8) is 0 Å². The first-order valence-corrected chi connectivity index (χ1v) is 5.31. The number of aromatic nitrogens is 2. The van der Waals surface area contributed by atoms with E-state index in [1.165, 1.54) is 18.2 Å². The lowest BCUT2D eigenvalue weighted by atomic mass is 10.2. The van der Waals surface area contributed by atoms with Gasteiger partial charge in [-0.2, -0.15) is 4.98 Å². The molecule has 102 valence electrons. The Morgan fingerprint density at radius 2 is 2.16 bits per heavy atom. The summed E-state index contributed by atoms with van der Waals surface area (Å²) in [6, 6.07) is 5.35. The van der Waals surface area contributed by atoms with E-state index in [0.29, 0.717) is 17.9 Å². The van der Waals surface area contributed by atoms with Crippen LogP contribution in [0.15, 0.2) is 28.8 Å². The van der Waals surface area contributed by atoms with E-state index >= 15 is 0 Å². The third-order valence-electron chi connectivity index (χ3n) is 2.12. The predicted molar refractivity (Wildman–Crippen MR) is 59.2 cm³/mol. The molecule has 19 heavy (non-hydrogen) atoms. The minimum absolute atomic E-state index is 0.137. The van der Waals surface area contributed by atoms with Crippen LogP contribution in [0.2, 0.25) is 0 Å². The zero-order valence-corrected chi connectivity index (χ0v) is 9.86. The molecule has 0 radical (unpaired) electrons.